The van der Waals surface area contributed by atoms with Crippen LogP contribution in [0.1, 0.15) is 28.9 Å². The van der Waals surface area contributed by atoms with Crippen molar-refractivity contribution in [1.29, 1.82) is 0 Å². The number of rotatable bonds is 6. The van der Waals surface area contributed by atoms with Gasteiger partial charge in [-0.3, -0.25) is 4.79 Å². The molecule has 0 unspecified atom stereocenters. The monoisotopic (exact) mass is 489 g/mol. The van der Waals surface area contributed by atoms with Crippen LogP contribution in [0.5, 0.6) is 0 Å². The first-order valence-corrected chi connectivity index (χ1v) is 12.2. The molecule has 1 aliphatic rings. The number of nitrogens with zero attached hydrogens (tertiary/aromatic N) is 2. The van der Waals surface area contributed by atoms with E-state index in [2.05, 4.69) is 53.3 Å². The number of benzene rings is 3. The summed E-state index contributed by atoms with van der Waals surface area (Å²) in [4.78, 5) is 17.6. The molecule has 1 aliphatic heterocycles. The van der Waals surface area contributed by atoms with Gasteiger partial charge in [0.2, 0.25) is 5.91 Å². The van der Waals surface area contributed by atoms with Crippen molar-refractivity contribution in [1.82, 2.24) is 14.9 Å². The zero-order valence-electron chi connectivity index (χ0n) is 18.9. The van der Waals surface area contributed by atoms with Gasteiger partial charge in [0.05, 0.1) is 22.2 Å². The molecule has 172 valence electrons. The molecule has 6 heteroatoms. The summed E-state index contributed by atoms with van der Waals surface area (Å²) in [6.07, 6.45) is 4.56. The van der Waals surface area contributed by atoms with Gasteiger partial charge in [0.25, 0.3) is 0 Å². The maximum atomic E-state index is 12.7. The van der Waals surface area contributed by atoms with Crippen molar-refractivity contribution in [2.24, 2.45) is 0 Å². The second-order valence-corrected chi connectivity index (χ2v) is 9.54. The van der Waals surface area contributed by atoms with Crippen LogP contribution in [0.3, 0.4) is 0 Å². The van der Waals surface area contributed by atoms with E-state index >= 15 is 0 Å². The highest BCUT2D eigenvalue weighted by molar-refractivity contribution is 6.42. The van der Waals surface area contributed by atoms with Crippen molar-refractivity contribution in [3.63, 3.8) is 0 Å². The summed E-state index contributed by atoms with van der Waals surface area (Å²) in [5.41, 5.74) is 7.40. The van der Waals surface area contributed by atoms with Crippen molar-refractivity contribution < 1.29 is 4.79 Å². The van der Waals surface area contributed by atoms with E-state index in [9.17, 15) is 4.79 Å². The number of aryl methyl sites for hydroxylation is 3. The van der Waals surface area contributed by atoms with Crippen LogP contribution in [0, 0.1) is 6.92 Å². The second kappa shape index (κ2) is 9.65. The number of imidazole rings is 1. The SMILES string of the molecule is Cc1ccccc1-c1ccc(-c2cn3c(n2)CCC3)cc1CNC(=O)Cc1ccc(Cl)c(Cl)c1. The molecule has 1 aromatic heterocycles. The smallest absolute Gasteiger partial charge is 0.224 e. The Bertz CT molecular complexity index is 1350. The van der Waals surface area contributed by atoms with Gasteiger partial charge in [-0.2, -0.15) is 0 Å². The Kier molecular flexibility index (Phi) is 6.44. The molecular formula is C28H25Cl2N3O. The third-order valence-electron chi connectivity index (χ3n) is 6.32. The summed E-state index contributed by atoms with van der Waals surface area (Å²) in [6.45, 7) is 3.56. The van der Waals surface area contributed by atoms with Crippen LogP contribution in [-0.4, -0.2) is 15.5 Å². The Morgan fingerprint density at radius 1 is 1.03 bits per heavy atom. The van der Waals surface area contributed by atoms with E-state index < -0.39 is 0 Å². The van der Waals surface area contributed by atoms with E-state index in [1.54, 1.807) is 12.1 Å². The van der Waals surface area contributed by atoms with Gasteiger partial charge in [0.15, 0.2) is 0 Å². The topological polar surface area (TPSA) is 46.9 Å². The molecule has 0 bridgehead atoms. The average Bonchev–Trinajstić information content (AvgIpc) is 3.43. The van der Waals surface area contributed by atoms with E-state index in [1.165, 1.54) is 5.56 Å². The Morgan fingerprint density at radius 3 is 2.68 bits per heavy atom. The predicted octanol–water partition coefficient (Wildman–Crippen LogP) is 6.64. The predicted molar refractivity (Wildman–Crippen MR) is 138 cm³/mol. The van der Waals surface area contributed by atoms with Crippen LogP contribution >= 0.6 is 23.2 Å². The first kappa shape index (κ1) is 22.7. The van der Waals surface area contributed by atoms with E-state index in [0.29, 0.717) is 16.6 Å². The number of hydrogen-bond acceptors (Lipinski definition) is 2. The molecular weight excluding hydrogens is 465 g/mol. The lowest BCUT2D eigenvalue weighted by Gasteiger charge is -2.15. The normalized spacial score (nSPS) is 12.6. The van der Waals surface area contributed by atoms with E-state index in [-0.39, 0.29) is 12.3 Å². The molecule has 5 rings (SSSR count). The van der Waals surface area contributed by atoms with Gasteiger partial charge < -0.3 is 9.88 Å². The summed E-state index contributed by atoms with van der Waals surface area (Å²) in [5.74, 6) is 1.08. The van der Waals surface area contributed by atoms with E-state index in [4.69, 9.17) is 28.2 Å². The Labute approximate surface area is 209 Å². The Morgan fingerprint density at radius 2 is 1.88 bits per heavy atom. The first-order chi connectivity index (χ1) is 16.5. The lowest BCUT2D eigenvalue weighted by molar-refractivity contribution is -0.120. The summed E-state index contributed by atoms with van der Waals surface area (Å²) in [5, 5.41) is 4.02. The minimum Gasteiger partial charge on any atom is -0.352 e. The molecule has 0 aliphatic carbocycles. The molecule has 2 heterocycles. The second-order valence-electron chi connectivity index (χ2n) is 8.73. The minimum absolute atomic E-state index is 0.0690. The number of carbonyl (C=O) groups excluding carboxylic acids is 1. The summed E-state index contributed by atoms with van der Waals surface area (Å²) in [6, 6.07) is 20.0. The van der Waals surface area contributed by atoms with E-state index in [1.807, 2.05) is 18.2 Å². The molecule has 1 N–H and O–H groups in total. The third-order valence-corrected chi connectivity index (χ3v) is 7.06. The van der Waals surface area contributed by atoms with Crippen molar-refractivity contribution >= 4 is 29.1 Å². The van der Waals surface area contributed by atoms with Crippen molar-refractivity contribution in [3.05, 3.63) is 99.4 Å². The standard InChI is InChI=1S/C28H25Cl2N3O/c1-18-5-2-3-6-22(18)23-10-9-20(26-17-33-12-4-7-27(33)32-26)15-21(23)16-31-28(34)14-19-8-11-24(29)25(30)13-19/h2-3,5-6,8-11,13,15,17H,4,7,12,14,16H2,1H3,(H,31,34). The lowest BCUT2D eigenvalue weighted by atomic mass is 9.93. The Hall–Kier alpha value is -3.08. The first-order valence-electron chi connectivity index (χ1n) is 11.4. The molecule has 0 saturated carbocycles. The molecule has 4 aromatic rings. The molecule has 34 heavy (non-hydrogen) atoms. The highest BCUT2D eigenvalue weighted by Gasteiger charge is 2.17. The van der Waals surface area contributed by atoms with Gasteiger partial charge in [-0.05, 0) is 59.4 Å². The number of hydrogen-bond donors (Lipinski definition) is 1. The number of nitrogens with one attached hydrogen (secondary N) is 1. The van der Waals surface area contributed by atoms with Crippen molar-refractivity contribution in [3.8, 4) is 22.4 Å². The van der Waals surface area contributed by atoms with Gasteiger partial charge in [0.1, 0.15) is 5.82 Å². The highest BCUT2D eigenvalue weighted by atomic mass is 35.5. The molecule has 0 spiro atoms. The highest BCUT2D eigenvalue weighted by Crippen LogP contribution is 2.31. The van der Waals surface area contributed by atoms with Crippen LogP contribution in [-0.2, 0) is 30.7 Å². The van der Waals surface area contributed by atoms with Gasteiger partial charge >= 0.3 is 0 Å². The molecule has 0 saturated heterocycles. The van der Waals surface area contributed by atoms with Crippen LogP contribution < -0.4 is 5.32 Å². The molecule has 0 radical (unpaired) electrons. The number of carbonyl (C=O) groups is 1. The van der Waals surface area contributed by atoms with Crippen LogP contribution in [0.15, 0.2) is 66.9 Å². The summed E-state index contributed by atoms with van der Waals surface area (Å²) >= 11 is 12.1. The molecule has 0 atom stereocenters. The Balaban J connectivity index is 1.42. The molecule has 3 aromatic carbocycles. The maximum Gasteiger partial charge on any atom is 0.224 e. The summed E-state index contributed by atoms with van der Waals surface area (Å²) in [7, 11) is 0. The van der Waals surface area contributed by atoms with Crippen molar-refractivity contribution in [2.75, 3.05) is 0 Å². The quantitative estimate of drug-likeness (QED) is 0.330. The lowest BCUT2D eigenvalue weighted by Crippen LogP contribution is -2.25. The molecule has 0 fully saturated rings. The maximum absolute atomic E-state index is 12.7. The zero-order valence-corrected chi connectivity index (χ0v) is 20.5. The van der Waals surface area contributed by atoms with Crippen molar-refractivity contribution in [2.45, 2.75) is 39.3 Å². The van der Waals surface area contributed by atoms with Gasteiger partial charge in [-0.25, -0.2) is 4.98 Å². The van der Waals surface area contributed by atoms with Crippen LogP contribution in [0.4, 0.5) is 0 Å². The van der Waals surface area contributed by atoms with Crippen LogP contribution in [0.2, 0.25) is 10.0 Å². The van der Waals surface area contributed by atoms with E-state index in [0.717, 1.165) is 58.7 Å². The van der Waals surface area contributed by atoms with Gasteiger partial charge in [-0.15, -0.1) is 0 Å². The number of fused-ring (bicyclic) bond motifs is 1. The minimum atomic E-state index is -0.0690. The zero-order chi connectivity index (χ0) is 23.7. The average molecular weight is 490 g/mol. The number of halogens is 2. The fourth-order valence-corrected chi connectivity index (χ4v) is 4.84. The summed E-state index contributed by atoms with van der Waals surface area (Å²) < 4.78 is 2.24. The molecule has 4 nitrogen and oxygen atoms in total. The number of aromatic nitrogens is 2. The number of amides is 1. The largest absolute Gasteiger partial charge is 0.352 e. The van der Waals surface area contributed by atoms with Crippen LogP contribution in [0.25, 0.3) is 22.4 Å². The van der Waals surface area contributed by atoms with Gasteiger partial charge in [-0.1, -0.05) is 65.7 Å². The molecule has 1 amide bonds. The fraction of sp³-hybridized carbons (Fsp3) is 0.214. The third kappa shape index (κ3) is 4.75. The fourth-order valence-electron chi connectivity index (χ4n) is 4.52. The van der Waals surface area contributed by atoms with Gasteiger partial charge in [0, 0.05) is 31.3 Å².